The molecule has 0 N–H and O–H groups in total. The molecule has 2 aromatic carbocycles. The number of aromatic nitrogens is 2. The Morgan fingerprint density at radius 1 is 1.05 bits per heavy atom. The summed E-state index contributed by atoms with van der Waals surface area (Å²) in [6, 6.07) is 7.71. The number of amidine groups is 1. The third-order valence-corrected chi connectivity index (χ3v) is 8.08. The zero-order chi connectivity index (χ0) is 27.1. The quantitative estimate of drug-likeness (QED) is 0.342. The first-order chi connectivity index (χ1) is 18.9. The molecule has 6 nitrogen and oxygen atoms in total. The second-order valence-corrected chi connectivity index (χ2v) is 10.7. The summed E-state index contributed by atoms with van der Waals surface area (Å²) in [4.78, 5) is 12.7. The van der Waals surface area contributed by atoms with Crippen LogP contribution in [0.15, 0.2) is 53.6 Å². The molecule has 1 aliphatic carbocycles. The average molecular weight is 537 g/mol. The summed E-state index contributed by atoms with van der Waals surface area (Å²) in [7, 11) is 1.64. The second-order valence-electron chi connectivity index (χ2n) is 10.7. The van der Waals surface area contributed by atoms with Crippen LogP contribution in [0.3, 0.4) is 0 Å². The fourth-order valence-corrected chi connectivity index (χ4v) is 6.29. The van der Waals surface area contributed by atoms with E-state index in [2.05, 4.69) is 21.1 Å². The number of nitrogens with zero attached hydrogens (tertiary/aromatic N) is 4. The molecular formula is C30H31F3N4O2. The van der Waals surface area contributed by atoms with Crippen molar-refractivity contribution in [3.8, 4) is 11.4 Å². The van der Waals surface area contributed by atoms with Gasteiger partial charge < -0.3 is 19.0 Å². The maximum Gasteiger partial charge on any atom is 0.194 e. The first kappa shape index (κ1) is 25.5. The van der Waals surface area contributed by atoms with Crippen LogP contribution in [0.1, 0.15) is 67.8 Å². The minimum Gasteiger partial charge on any atom is -0.495 e. The van der Waals surface area contributed by atoms with E-state index < -0.39 is 29.1 Å². The van der Waals surface area contributed by atoms with Crippen LogP contribution in [0.4, 0.5) is 13.2 Å². The summed E-state index contributed by atoms with van der Waals surface area (Å²) in [5.74, 6) is -2.47. The Labute approximate surface area is 225 Å². The van der Waals surface area contributed by atoms with Gasteiger partial charge in [-0.25, -0.2) is 18.2 Å². The number of benzene rings is 2. The summed E-state index contributed by atoms with van der Waals surface area (Å²) >= 11 is 0. The van der Waals surface area contributed by atoms with Gasteiger partial charge in [0.1, 0.15) is 5.75 Å². The van der Waals surface area contributed by atoms with E-state index in [-0.39, 0.29) is 0 Å². The van der Waals surface area contributed by atoms with Crippen LogP contribution in [-0.2, 0) is 4.84 Å². The lowest BCUT2D eigenvalue weighted by Crippen LogP contribution is -2.55. The average Bonchev–Trinajstić information content (AvgIpc) is 3.37. The molecule has 1 atom stereocenters. The summed E-state index contributed by atoms with van der Waals surface area (Å²) < 4.78 is 50.4. The fourth-order valence-electron chi connectivity index (χ4n) is 6.29. The van der Waals surface area contributed by atoms with Crippen molar-refractivity contribution in [1.29, 1.82) is 0 Å². The van der Waals surface area contributed by atoms with E-state index >= 15 is 0 Å². The van der Waals surface area contributed by atoms with E-state index in [1.807, 2.05) is 35.9 Å². The Bertz CT molecular complexity index is 1440. The van der Waals surface area contributed by atoms with E-state index in [4.69, 9.17) is 9.57 Å². The molecule has 204 valence electrons. The first-order valence-electron chi connectivity index (χ1n) is 13.5. The molecule has 3 aliphatic rings. The van der Waals surface area contributed by atoms with Crippen molar-refractivity contribution < 1.29 is 22.7 Å². The van der Waals surface area contributed by atoms with Crippen molar-refractivity contribution in [1.82, 2.24) is 14.5 Å². The van der Waals surface area contributed by atoms with Crippen LogP contribution in [0, 0.1) is 24.4 Å². The van der Waals surface area contributed by atoms with Crippen molar-refractivity contribution in [2.75, 3.05) is 13.7 Å². The molecule has 1 aromatic heterocycles. The predicted octanol–water partition coefficient (Wildman–Crippen LogP) is 6.87. The van der Waals surface area contributed by atoms with Gasteiger partial charge in [-0.3, -0.25) is 0 Å². The first-order valence-corrected chi connectivity index (χ1v) is 13.5. The summed E-state index contributed by atoms with van der Waals surface area (Å²) in [6.45, 7) is 2.60. The molecule has 1 saturated heterocycles. The molecule has 3 aromatic rings. The molecule has 6 rings (SSSR count). The van der Waals surface area contributed by atoms with Gasteiger partial charge in [0.05, 0.1) is 30.9 Å². The molecule has 2 fully saturated rings. The Hall–Kier alpha value is -3.75. The number of methoxy groups -OCH3 is 1. The van der Waals surface area contributed by atoms with Crippen molar-refractivity contribution in [2.24, 2.45) is 5.16 Å². The Balaban J connectivity index is 1.39. The molecule has 3 heterocycles. The highest BCUT2D eigenvalue weighted by molar-refractivity contribution is 6.03. The zero-order valence-electron chi connectivity index (χ0n) is 22.1. The van der Waals surface area contributed by atoms with Gasteiger partial charge in [0, 0.05) is 12.7 Å². The standard InChI is InChI=1S/C30H31F3N4O2/c1-19-17-36(18-34-19)25-9-8-20(14-26(25)38-2)13-21-7-6-12-37-28(22-15-23(31)27(33)24(32)16-22)30(39-35-29(21)37)10-4-3-5-11-30/h8-9,13-18,28H,3-7,10-12H2,1-2H3/b21-13+/t28-/m0/s1. The van der Waals surface area contributed by atoms with Crippen molar-refractivity contribution in [3.05, 3.63) is 82.7 Å². The molecule has 0 amide bonds. The van der Waals surface area contributed by atoms with Crippen LogP contribution in [0.2, 0.25) is 0 Å². The monoisotopic (exact) mass is 536 g/mol. The van der Waals surface area contributed by atoms with E-state index in [0.717, 1.165) is 79.6 Å². The minimum absolute atomic E-state index is 0.378. The molecule has 0 radical (unpaired) electrons. The zero-order valence-corrected chi connectivity index (χ0v) is 22.1. The largest absolute Gasteiger partial charge is 0.495 e. The van der Waals surface area contributed by atoms with Gasteiger partial charge in [-0.15, -0.1) is 0 Å². The molecule has 9 heteroatoms. The molecule has 0 bridgehead atoms. The number of fused-ring (bicyclic) bond motifs is 1. The van der Waals surface area contributed by atoms with Gasteiger partial charge in [-0.05, 0) is 92.5 Å². The molecule has 1 saturated carbocycles. The van der Waals surface area contributed by atoms with Crippen LogP contribution in [-0.4, -0.2) is 39.5 Å². The van der Waals surface area contributed by atoms with Gasteiger partial charge in [-0.2, -0.15) is 0 Å². The van der Waals surface area contributed by atoms with E-state index in [9.17, 15) is 13.2 Å². The Kier molecular flexibility index (Phi) is 6.61. The van der Waals surface area contributed by atoms with E-state index in [1.54, 1.807) is 13.4 Å². The summed E-state index contributed by atoms with van der Waals surface area (Å²) in [5.41, 5.74) is 3.35. The number of piperidine rings is 1. The number of halogens is 3. The molecule has 1 spiro atoms. The highest BCUT2D eigenvalue weighted by Gasteiger charge is 2.51. The summed E-state index contributed by atoms with van der Waals surface area (Å²) in [6.07, 6.45) is 11.7. The Morgan fingerprint density at radius 3 is 2.51 bits per heavy atom. The maximum absolute atomic E-state index is 14.4. The van der Waals surface area contributed by atoms with Gasteiger partial charge in [0.25, 0.3) is 0 Å². The number of imidazole rings is 1. The summed E-state index contributed by atoms with van der Waals surface area (Å²) in [5, 5.41) is 4.62. The number of rotatable bonds is 4. The van der Waals surface area contributed by atoms with Crippen LogP contribution in [0.5, 0.6) is 5.75 Å². The molecule has 2 aliphatic heterocycles. The third-order valence-electron chi connectivity index (χ3n) is 8.08. The normalized spacial score (nSPS) is 21.5. The maximum atomic E-state index is 14.4. The lowest BCUT2D eigenvalue weighted by molar-refractivity contribution is -0.132. The van der Waals surface area contributed by atoms with Gasteiger partial charge in [0.15, 0.2) is 28.9 Å². The van der Waals surface area contributed by atoms with Gasteiger partial charge in [-0.1, -0.05) is 17.6 Å². The van der Waals surface area contributed by atoms with Gasteiger partial charge in [0.2, 0.25) is 0 Å². The van der Waals surface area contributed by atoms with Gasteiger partial charge >= 0.3 is 0 Å². The highest BCUT2D eigenvalue weighted by atomic mass is 19.2. The SMILES string of the molecule is COc1cc(/C=C2\CCCN3C2=NOC2(CCCCC2)[C@@H]3c2cc(F)c(F)c(F)c2)ccc1-n1cnc(C)c1. The molecule has 39 heavy (non-hydrogen) atoms. The third kappa shape index (κ3) is 4.57. The lowest BCUT2D eigenvalue weighted by atomic mass is 9.75. The molecular weight excluding hydrogens is 505 g/mol. The number of aryl methyl sites for hydroxylation is 1. The van der Waals surface area contributed by atoms with Crippen LogP contribution >= 0.6 is 0 Å². The predicted molar refractivity (Wildman–Crippen MR) is 142 cm³/mol. The highest BCUT2D eigenvalue weighted by Crippen LogP contribution is 2.49. The molecule has 0 unspecified atom stereocenters. The van der Waals surface area contributed by atoms with E-state index in [1.165, 1.54) is 0 Å². The van der Waals surface area contributed by atoms with Crippen LogP contribution < -0.4 is 4.74 Å². The van der Waals surface area contributed by atoms with Crippen molar-refractivity contribution in [2.45, 2.75) is 63.5 Å². The number of hydrogen-bond acceptors (Lipinski definition) is 5. The minimum atomic E-state index is -1.45. The van der Waals surface area contributed by atoms with Crippen molar-refractivity contribution in [3.63, 3.8) is 0 Å². The smallest absolute Gasteiger partial charge is 0.194 e. The number of oxime groups is 1. The topological polar surface area (TPSA) is 51.9 Å². The van der Waals surface area contributed by atoms with Crippen LogP contribution in [0.25, 0.3) is 11.8 Å². The number of hydrogen-bond donors (Lipinski definition) is 0. The van der Waals surface area contributed by atoms with E-state index in [0.29, 0.717) is 23.7 Å². The Morgan fingerprint density at radius 2 is 1.82 bits per heavy atom. The number of ether oxygens (including phenoxy) is 1. The lowest BCUT2D eigenvalue weighted by Gasteiger charge is -2.51. The second kappa shape index (κ2) is 10.1. The fraction of sp³-hybridized carbons (Fsp3) is 0.400. The van der Waals surface area contributed by atoms with Crippen molar-refractivity contribution >= 4 is 11.9 Å².